The summed E-state index contributed by atoms with van der Waals surface area (Å²) >= 11 is 6.57. The summed E-state index contributed by atoms with van der Waals surface area (Å²) in [6.45, 7) is 2.63. The van der Waals surface area contributed by atoms with Crippen LogP contribution in [0.5, 0.6) is 5.75 Å². The molecule has 2 heterocycles. The summed E-state index contributed by atoms with van der Waals surface area (Å²) in [5, 5.41) is 10.9. The van der Waals surface area contributed by atoms with Gasteiger partial charge in [-0.25, -0.2) is 9.36 Å². The molecule has 214 valence electrons. The zero-order valence-corrected chi connectivity index (χ0v) is 23.5. The maximum absolute atomic E-state index is 13.9. The minimum atomic E-state index is -4.03. The van der Waals surface area contributed by atoms with Crippen molar-refractivity contribution < 1.29 is 33.0 Å². The Kier molecular flexibility index (Phi) is 9.33. The van der Waals surface area contributed by atoms with Crippen LogP contribution < -0.4 is 15.8 Å². The molecule has 0 unspecified atom stereocenters. The molecule has 0 bridgehead atoms. The molecular formula is C27H30ClN2O9P. The molecule has 40 heavy (non-hydrogen) atoms. The van der Waals surface area contributed by atoms with E-state index in [-0.39, 0.29) is 18.5 Å². The lowest BCUT2D eigenvalue weighted by molar-refractivity contribution is -0.148. The third-order valence-electron chi connectivity index (χ3n) is 6.37. The molecule has 4 rings (SSSR count). The van der Waals surface area contributed by atoms with E-state index in [1.54, 1.807) is 37.3 Å². The molecule has 3 aromatic rings. The molecule has 1 aromatic heterocycles. The second-order valence-electron chi connectivity index (χ2n) is 9.63. The Morgan fingerprint density at radius 2 is 1.80 bits per heavy atom. The van der Waals surface area contributed by atoms with Gasteiger partial charge in [-0.15, -0.1) is 11.6 Å². The van der Waals surface area contributed by atoms with E-state index in [9.17, 15) is 24.1 Å². The normalized spacial score (nSPS) is 24.6. The van der Waals surface area contributed by atoms with Crippen LogP contribution in [-0.2, 0) is 30.0 Å². The van der Waals surface area contributed by atoms with Crippen LogP contribution in [0.2, 0.25) is 0 Å². The molecule has 2 aromatic carbocycles. The van der Waals surface area contributed by atoms with E-state index >= 15 is 0 Å². The second kappa shape index (κ2) is 12.5. The number of hydrogen-bond donors (Lipinski definition) is 2. The summed E-state index contributed by atoms with van der Waals surface area (Å²) in [5.74, 6) is -1.20. The number of aliphatic hydroxyl groups is 1. The molecule has 1 aliphatic rings. The molecule has 0 saturated carbocycles. The predicted molar refractivity (Wildman–Crippen MR) is 146 cm³/mol. The van der Waals surface area contributed by atoms with Crippen LogP contribution in [0.25, 0.3) is 0 Å². The first-order valence-corrected chi connectivity index (χ1v) is 14.6. The molecule has 1 aliphatic heterocycles. The monoisotopic (exact) mass is 592 g/mol. The first kappa shape index (κ1) is 29.8. The fourth-order valence-corrected chi connectivity index (χ4v) is 6.36. The SMILES string of the molecule is C[C@@H](C[P@@](=O)(OC[C@H]1O[C@@H](n2ccc(=O)[nH]c2=O)[C@](C)(Cl)[C@@H]1O)Oc1ccccc1)C(=O)OCc1ccccc1. The first-order chi connectivity index (χ1) is 19.0. The maximum atomic E-state index is 13.9. The number of carbonyl (C=O) groups is 1. The first-order valence-electron chi connectivity index (χ1n) is 12.5. The van der Waals surface area contributed by atoms with Gasteiger partial charge in [0.25, 0.3) is 5.56 Å². The van der Waals surface area contributed by atoms with Gasteiger partial charge < -0.3 is 19.1 Å². The third-order valence-corrected chi connectivity index (χ3v) is 8.80. The van der Waals surface area contributed by atoms with Crippen molar-refractivity contribution in [3.63, 3.8) is 0 Å². The summed E-state index contributed by atoms with van der Waals surface area (Å²) in [7, 11) is -4.03. The standard InChI is InChI=1S/C27H30ClN2O9P/c1-18(24(33)36-15-19-9-5-3-6-10-19)17-40(35,39-20-11-7-4-8-12-20)37-16-21-23(32)27(2,28)25(38-21)30-14-13-22(31)29-26(30)34/h3-14,18,21,23,25,32H,15-17H2,1-2H3,(H,29,31,34)/t18-,21+,23+,25+,27+,40+/m0/s1. The van der Waals surface area contributed by atoms with Crippen LogP contribution in [0.1, 0.15) is 25.6 Å². The number of carbonyl (C=O) groups excluding carboxylic acids is 1. The van der Waals surface area contributed by atoms with Crippen molar-refractivity contribution in [2.24, 2.45) is 5.92 Å². The summed E-state index contributed by atoms with van der Waals surface area (Å²) < 4.78 is 37.7. The Bertz CT molecular complexity index is 1460. The Morgan fingerprint density at radius 1 is 1.15 bits per heavy atom. The minimum absolute atomic E-state index is 0.0522. The quantitative estimate of drug-likeness (QED) is 0.194. The van der Waals surface area contributed by atoms with Gasteiger partial charge in [0.2, 0.25) is 0 Å². The average Bonchev–Trinajstić information content (AvgIpc) is 3.15. The Balaban J connectivity index is 1.48. The largest absolute Gasteiger partial charge is 0.461 e. The number of nitrogens with one attached hydrogen (secondary N) is 1. The average molecular weight is 593 g/mol. The van der Waals surface area contributed by atoms with Crippen molar-refractivity contribution in [1.82, 2.24) is 9.55 Å². The van der Waals surface area contributed by atoms with Gasteiger partial charge in [-0.2, -0.15) is 0 Å². The highest BCUT2D eigenvalue weighted by molar-refractivity contribution is 7.54. The number of ether oxygens (including phenoxy) is 2. The number of aromatic nitrogens is 2. The van der Waals surface area contributed by atoms with Gasteiger partial charge in [-0.1, -0.05) is 55.5 Å². The maximum Gasteiger partial charge on any atom is 0.380 e. The molecule has 11 nitrogen and oxygen atoms in total. The number of benzene rings is 2. The number of hydrogen-bond acceptors (Lipinski definition) is 9. The third kappa shape index (κ3) is 7.10. The fraction of sp³-hybridized carbons (Fsp3) is 0.370. The van der Waals surface area contributed by atoms with Gasteiger partial charge in [0.15, 0.2) is 6.23 Å². The number of aromatic amines is 1. The van der Waals surface area contributed by atoms with E-state index in [4.69, 9.17) is 30.1 Å². The summed E-state index contributed by atoms with van der Waals surface area (Å²) in [6.07, 6.45) is -2.78. The van der Waals surface area contributed by atoms with Crippen molar-refractivity contribution in [2.75, 3.05) is 12.8 Å². The Hall–Kier alpha value is -3.21. The molecule has 6 atom stereocenters. The lowest BCUT2D eigenvalue weighted by atomic mass is 10.0. The zero-order valence-electron chi connectivity index (χ0n) is 21.8. The van der Waals surface area contributed by atoms with Crippen LogP contribution in [0, 0.1) is 5.92 Å². The van der Waals surface area contributed by atoms with Crippen molar-refractivity contribution in [2.45, 2.75) is 43.8 Å². The van der Waals surface area contributed by atoms with Crippen LogP contribution >= 0.6 is 19.2 Å². The van der Waals surface area contributed by atoms with Crippen LogP contribution in [0.3, 0.4) is 0 Å². The number of halogens is 1. The van der Waals surface area contributed by atoms with Gasteiger partial charge >= 0.3 is 19.3 Å². The summed E-state index contributed by atoms with van der Waals surface area (Å²) in [6, 6.07) is 18.6. The highest BCUT2D eigenvalue weighted by Gasteiger charge is 2.54. The van der Waals surface area contributed by atoms with Crippen molar-refractivity contribution in [3.05, 3.63) is 99.3 Å². The molecular weight excluding hydrogens is 563 g/mol. The van der Waals surface area contributed by atoms with E-state index in [1.165, 1.54) is 13.1 Å². The van der Waals surface area contributed by atoms with Crippen LogP contribution in [0.15, 0.2) is 82.5 Å². The molecule has 13 heteroatoms. The Morgan fingerprint density at radius 3 is 2.45 bits per heavy atom. The van der Waals surface area contributed by atoms with E-state index in [0.717, 1.165) is 16.2 Å². The minimum Gasteiger partial charge on any atom is -0.461 e. The van der Waals surface area contributed by atoms with E-state index in [1.807, 2.05) is 30.3 Å². The van der Waals surface area contributed by atoms with Gasteiger partial charge in [-0.05, 0) is 24.6 Å². The van der Waals surface area contributed by atoms with E-state index in [2.05, 4.69) is 4.98 Å². The highest BCUT2D eigenvalue weighted by atomic mass is 35.5. The van der Waals surface area contributed by atoms with Gasteiger partial charge in [0.05, 0.1) is 18.7 Å². The van der Waals surface area contributed by atoms with Crippen molar-refractivity contribution in [3.8, 4) is 5.75 Å². The number of H-pyrrole nitrogens is 1. The predicted octanol–water partition coefficient (Wildman–Crippen LogP) is 3.46. The number of rotatable bonds is 11. The Labute approximate surface area is 235 Å². The molecule has 0 spiro atoms. The smallest absolute Gasteiger partial charge is 0.380 e. The van der Waals surface area contributed by atoms with Crippen molar-refractivity contribution in [1.29, 1.82) is 0 Å². The lowest BCUT2D eigenvalue weighted by Gasteiger charge is -2.26. The molecule has 0 radical (unpaired) electrons. The van der Waals surface area contributed by atoms with E-state index in [0.29, 0.717) is 0 Å². The lowest BCUT2D eigenvalue weighted by Crippen LogP contribution is -2.43. The number of esters is 1. The van der Waals surface area contributed by atoms with Crippen LogP contribution in [-0.4, -0.2) is 50.5 Å². The van der Waals surface area contributed by atoms with Crippen molar-refractivity contribution >= 4 is 25.2 Å². The molecule has 0 aliphatic carbocycles. The molecule has 2 N–H and O–H groups in total. The van der Waals surface area contributed by atoms with Gasteiger partial charge in [-0.3, -0.25) is 23.7 Å². The van der Waals surface area contributed by atoms with Crippen LogP contribution in [0.4, 0.5) is 0 Å². The topological polar surface area (TPSA) is 146 Å². The second-order valence-corrected chi connectivity index (χ2v) is 12.5. The van der Waals surface area contributed by atoms with E-state index < -0.39 is 60.6 Å². The number of alkyl halides is 1. The van der Waals surface area contributed by atoms with Gasteiger partial charge in [0, 0.05) is 12.3 Å². The van der Waals surface area contributed by atoms with Gasteiger partial charge in [0.1, 0.15) is 29.4 Å². The molecule has 1 fully saturated rings. The summed E-state index contributed by atoms with van der Waals surface area (Å²) in [4.78, 5) is 37.1. The molecule has 0 amide bonds. The number of aliphatic hydroxyl groups excluding tert-OH is 1. The zero-order chi connectivity index (χ0) is 28.9. The number of nitrogens with zero attached hydrogens (tertiary/aromatic N) is 1. The molecule has 1 saturated heterocycles. The highest BCUT2D eigenvalue weighted by Crippen LogP contribution is 2.51. The summed E-state index contributed by atoms with van der Waals surface area (Å²) in [5.41, 5.74) is -0.582. The number of para-hydroxylation sites is 1. The fourth-order valence-electron chi connectivity index (χ4n) is 4.19.